The number of carboxylic acids is 1. The molecule has 116 valence electrons. The molecule has 6 heteroatoms. The summed E-state index contributed by atoms with van der Waals surface area (Å²) in [5.41, 5.74) is 1.15. The van der Waals surface area contributed by atoms with Crippen molar-refractivity contribution in [1.82, 2.24) is 5.32 Å². The number of methoxy groups -OCH3 is 2. The smallest absolute Gasteiger partial charge is 0.308 e. The molecule has 0 saturated heterocycles. The number of nitrogens with one attached hydrogen (secondary N) is 1. The molecule has 2 unspecified atom stereocenters. The highest BCUT2D eigenvalue weighted by atomic mass is 16.5. The Balaban J connectivity index is 3.00. The molecule has 1 amide bonds. The van der Waals surface area contributed by atoms with E-state index in [1.54, 1.807) is 32.9 Å². The molecular weight excluding hydrogens is 274 g/mol. The van der Waals surface area contributed by atoms with Crippen LogP contribution in [0.4, 0.5) is 0 Å². The molecule has 1 aromatic rings. The van der Waals surface area contributed by atoms with Crippen LogP contribution in [0.1, 0.15) is 29.8 Å². The third kappa shape index (κ3) is 3.87. The van der Waals surface area contributed by atoms with Crippen LogP contribution < -0.4 is 14.8 Å². The predicted octanol–water partition coefficient (Wildman–Crippen LogP) is 1.85. The lowest BCUT2D eigenvalue weighted by Crippen LogP contribution is -2.40. The largest absolute Gasteiger partial charge is 0.493 e. The van der Waals surface area contributed by atoms with Crippen LogP contribution in [0.5, 0.6) is 11.5 Å². The highest BCUT2D eigenvalue weighted by Crippen LogP contribution is 2.30. The Kier molecular flexibility index (Phi) is 5.58. The summed E-state index contributed by atoms with van der Waals surface area (Å²) in [6, 6.07) is 2.81. The zero-order valence-corrected chi connectivity index (χ0v) is 12.9. The van der Waals surface area contributed by atoms with Crippen LogP contribution in [-0.2, 0) is 4.79 Å². The van der Waals surface area contributed by atoms with Gasteiger partial charge in [0.15, 0.2) is 11.5 Å². The second-order valence-electron chi connectivity index (χ2n) is 4.91. The van der Waals surface area contributed by atoms with Crippen molar-refractivity contribution >= 4 is 11.9 Å². The molecule has 2 N–H and O–H groups in total. The summed E-state index contributed by atoms with van der Waals surface area (Å²) in [6.07, 6.45) is 0. The van der Waals surface area contributed by atoms with Gasteiger partial charge in [0.2, 0.25) is 0 Å². The van der Waals surface area contributed by atoms with E-state index in [1.807, 2.05) is 0 Å². The summed E-state index contributed by atoms with van der Waals surface area (Å²) in [7, 11) is 3.01. The van der Waals surface area contributed by atoms with Crippen LogP contribution in [0.25, 0.3) is 0 Å². The highest BCUT2D eigenvalue weighted by molar-refractivity contribution is 5.96. The van der Waals surface area contributed by atoms with Crippen molar-refractivity contribution in [3.8, 4) is 11.5 Å². The summed E-state index contributed by atoms with van der Waals surface area (Å²) >= 11 is 0. The molecule has 1 rings (SSSR count). The minimum atomic E-state index is -0.952. The normalized spacial score (nSPS) is 13.2. The maximum atomic E-state index is 12.3. The predicted molar refractivity (Wildman–Crippen MR) is 78.0 cm³/mol. The average molecular weight is 295 g/mol. The van der Waals surface area contributed by atoms with Gasteiger partial charge in [0.05, 0.1) is 20.1 Å². The first-order valence-electron chi connectivity index (χ1n) is 6.58. The number of hydrogen-bond donors (Lipinski definition) is 2. The maximum absolute atomic E-state index is 12.3. The van der Waals surface area contributed by atoms with Gasteiger partial charge in [-0.15, -0.1) is 0 Å². The first-order chi connectivity index (χ1) is 9.81. The third-order valence-electron chi connectivity index (χ3n) is 3.47. The quantitative estimate of drug-likeness (QED) is 0.836. The van der Waals surface area contributed by atoms with Gasteiger partial charge in [0.25, 0.3) is 5.91 Å². The lowest BCUT2D eigenvalue weighted by Gasteiger charge is -2.19. The number of carbonyl (C=O) groups is 2. The molecule has 0 radical (unpaired) electrons. The molecule has 0 aliphatic carbocycles. The SMILES string of the molecule is COc1cc(C)c(C(=O)NC(C)C(C)C(=O)O)cc1OC. The van der Waals surface area contributed by atoms with E-state index in [9.17, 15) is 9.59 Å². The number of benzene rings is 1. The standard InChI is InChI=1S/C15H21NO5/c1-8-6-12(20-4)13(21-5)7-11(8)14(17)16-10(3)9(2)15(18)19/h6-7,9-10H,1-5H3,(H,16,17)(H,18,19). The Morgan fingerprint density at radius 3 is 2.14 bits per heavy atom. The zero-order chi connectivity index (χ0) is 16.2. The van der Waals surface area contributed by atoms with Crippen LogP contribution in [-0.4, -0.2) is 37.2 Å². The fourth-order valence-corrected chi connectivity index (χ4v) is 1.85. The van der Waals surface area contributed by atoms with Gasteiger partial charge in [-0.1, -0.05) is 0 Å². The van der Waals surface area contributed by atoms with Crippen LogP contribution in [0, 0.1) is 12.8 Å². The van der Waals surface area contributed by atoms with Gasteiger partial charge < -0.3 is 19.9 Å². The van der Waals surface area contributed by atoms with Gasteiger partial charge in [-0.3, -0.25) is 9.59 Å². The Morgan fingerprint density at radius 1 is 1.14 bits per heavy atom. The van der Waals surface area contributed by atoms with Crippen molar-refractivity contribution in [1.29, 1.82) is 0 Å². The van der Waals surface area contributed by atoms with Crippen molar-refractivity contribution in [2.45, 2.75) is 26.8 Å². The van der Waals surface area contributed by atoms with E-state index in [1.165, 1.54) is 14.2 Å². The van der Waals surface area contributed by atoms with Crippen molar-refractivity contribution in [3.63, 3.8) is 0 Å². The van der Waals surface area contributed by atoms with Gasteiger partial charge in [0.1, 0.15) is 0 Å². The Morgan fingerprint density at radius 2 is 1.67 bits per heavy atom. The molecular formula is C15H21NO5. The lowest BCUT2D eigenvalue weighted by molar-refractivity contribution is -0.141. The molecule has 0 spiro atoms. The minimum absolute atomic E-state index is 0.339. The number of aryl methyl sites for hydroxylation is 1. The molecule has 0 fully saturated rings. The van der Waals surface area contributed by atoms with E-state index in [4.69, 9.17) is 14.6 Å². The number of rotatable bonds is 6. The Labute approximate surface area is 124 Å². The molecule has 0 saturated carbocycles. The maximum Gasteiger partial charge on any atom is 0.308 e. The molecule has 0 aliphatic rings. The molecule has 0 aliphatic heterocycles. The van der Waals surface area contributed by atoms with Gasteiger partial charge >= 0.3 is 5.97 Å². The van der Waals surface area contributed by atoms with Crippen LogP contribution in [0.3, 0.4) is 0 Å². The first kappa shape index (κ1) is 16.8. The van der Waals surface area contributed by atoms with E-state index in [2.05, 4.69) is 5.32 Å². The highest BCUT2D eigenvalue weighted by Gasteiger charge is 2.23. The second-order valence-corrected chi connectivity index (χ2v) is 4.91. The van der Waals surface area contributed by atoms with Crippen molar-refractivity contribution in [3.05, 3.63) is 23.3 Å². The summed E-state index contributed by atoms with van der Waals surface area (Å²) in [4.78, 5) is 23.2. The van der Waals surface area contributed by atoms with Crippen LogP contribution >= 0.6 is 0 Å². The van der Waals surface area contributed by atoms with E-state index in [0.717, 1.165) is 5.56 Å². The summed E-state index contributed by atoms with van der Waals surface area (Å²) in [6.45, 7) is 4.99. The molecule has 1 aromatic carbocycles. The van der Waals surface area contributed by atoms with Crippen molar-refractivity contribution in [2.24, 2.45) is 5.92 Å². The number of amides is 1. The molecule has 21 heavy (non-hydrogen) atoms. The van der Waals surface area contributed by atoms with E-state index in [-0.39, 0.29) is 5.91 Å². The van der Waals surface area contributed by atoms with Gasteiger partial charge in [-0.2, -0.15) is 0 Å². The fraction of sp³-hybridized carbons (Fsp3) is 0.467. The second kappa shape index (κ2) is 6.97. The third-order valence-corrected chi connectivity index (χ3v) is 3.47. The average Bonchev–Trinajstić information content (AvgIpc) is 2.45. The molecule has 0 heterocycles. The monoisotopic (exact) mass is 295 g/mol. The molecule has 0 bridgehead atoms. The Bertz CT molecular complexity index is 541. The number of carbonyl (C=O) groups excluding carboxylic acids is 1. The first-order valence-corrected chi connectivity index (χ1v) is 6.58. The molecule has 2 atom stereocenters. The fourth-order valence-electron chi connectivity index (χ4n) is 1.85. The number of carboxylic acid groups (broad SMARTS) is 1. The van der Waals surface area contributed by atoms with Crippen LogP contribution in [0.2, 0.25) is 0 Å². The zero-order valence-electron chi connectivity index (χ0n) is 12.9. The van der Waals surface area contributed by atoms with Crippen molar-refractivity contribution < 1.29 is 24.2 Å². The van der Waals surface area contributed by atoms with Gasteiger partial charge in [0, 0.05) is 11.6 Å². The van der Waals surface area contributed by atoms with Crippen molar-refractivity contribution in [2.75, 3.05) is 14.2 Å². The Hall–Kier alpha value is -2.24. The topological polar surface area (TPSA) is 84.9 Å². The summed E-state index contributed by atoms with van der Waals surface area (Å²) in [5.74, 6) is -0.971. The molecule has 0 aromatic heterocycles. The van der Waals surface area contributed by atoms with Crippen LogP contribution in [0.15, 0.2) is 12.1 Å². The number of aliphatic carboxylic acids is 1. The molecule has 6 nitrogen and oxygen atoms in total. The van der Waals surface area contributed by atoms with Gasteiger partial charge in [-0.25, -0.2) is 0 Å². The van der Waals surface area contributed by atoms with E-state index < -0.39 is 17.9 Å². The summed E-state index contributed by atoms with van der Waals surface area (Å²) in [5, 5.41) is 11.6. The van der Waals surface area contributed by atoms with E-state index >= 15 is 0 Å². The van der Waals surface area contributed by atoms with E-state index in [0.29, 0.717) is 17.1 Å². The summed E-state index contributed by atoms with van der Waals surface area (Å²) < 4.78 is 10.3. The van der Waals surface area contributed by atoms with Gasteiger partial charge in [-0.05, 0) is 38.5 Å². The number of hydrogen-bond acceptors (Lipinski definition) is 4. The lowest BCUT2D eigenvalue weighted by atomic mass is 10.0. The number of ether oxygens (including phenoxy) is 2. The minimum Gasteiger partial charge on any atom is -0.493 e.